The first-order valence-electron chi connectivity index (χ1n) is 8.48. The quantitative estimate of drug-likeness (QED) is 0.830. The Morgan fingerprint density at radius 2 is 2.25 bits per heavy atom. The molecule has 5 nitrogen and oxygen atoms in total. The SMILES string of the molecule is CC1CCc2c(c(N)nn2C(=O)C2CCNc3ccc(Cl)cc32)C1. The molecule has 6 heteroatoms. The maximum atomic E-state index is 13.2. The minimum absolute atomic E-state index is 0.00233. The smallest absolute Gasteiger partial charge is 0.254 e. The molecule has 0 fully saturated rings. The molecule has 2 unspecified atom stereocenters. The fraction of sp³-hybridized carbons (Fsp3) is 0.444. The zero-order valence-corrected chi connectivity index (χ0v) is 14.4. The van der Waals surface area contributed by atoms with E-state index in [0.717, 1.165) is 54.7 Å². The average molecular weight is 345 g/mol. The van der Waals surface area contributed by atoms with Gasteiger partial charge in [0.15, 0.2) is 0 Å². The second-order valence-electron chi connectivity index (χ2n) is 6.91. The molecule has 0 saturated carbocycles. The number of nitrogen functional groups attached to an aromatic ring is 1. The molecule has 1 aromatic heterocycles. The van der Waals surface area contributed by atoms with E-state index in [-0.39, 0.29) is 11.8 Å². The van der Waals surface area contributed by atoms with Crippen LogP contribution in [0.3, 0.4) is 0 Å². The van der Waals surface area contributed by atoms with Gasteiger partial charge in [0.1, 0.15) is 5.82 Å². The minimum atomic E-state index is -0.234. The summed E-state index contributed by atoms with van der Waals surface area (Å²) in [4.78, 5) is 13.2. The van der Waals surface area contributed by atoms with Gasteiger partial charge in [0, 0.05) is 22.8 Å². The first-order valence-corrected chi connectivity index (χ1v) is 8.86. The molecule has 1 aliphatic heterocycles. The van der Waals surface area contributed by atoms with E-state index in [9.17, 15) is 4.79 Å². The van der Waals surface area contributed by atoms with Crippen molar-refractivity contribution in [3.63, 3.8) is 0 Å². The summed E-state index contributed by atoms with van der Waals surface area (Å²) in [7, 11) is 0. The number of halogens is 1. The maximum Gasteiger partial charge on any atom is 0.254 e. The van der Waals surface area contributed by atoms with Crippen LogP contribution in [0.5, 0.6) is 0 Å². The normalized spacial score (nSPS) is 22.4. The van der Waals surface area contributed by atoms with Crippen molar-refractivity contribution in [1.29, 1.82) is 0 Å². The first kappa shape index (κ1) is 15.5. The predicted molar refractivity (Wildman–Crippen MR) is 95.8 cm³/mol. The molecule has 2 atom stereocenters. The molecule has 0 radical (unpaired) electrons. The van der Waals surface area contributed by atoms with Crippen LogP contribution < -0.4 is 11.1 Å². The molecule has 2 aromatic rings. The number of anilines is 2. The molecule has 2 heterocycles. The molecule has 0 bridgehead atoms. The third kappa shape index (κ3) is 2.47. The van der Waals surface area contributed by atoms with Gasteiger partial charge in [0.2, 0.25) is 0 Å². The van der Waals surface area contributed by atoms with E-state index in [1.807, 2.05) is 18.2 Å². The first-order chi connectivity index (χ1) is 11.5. The lowest BCUT2D eigenvalue weighted by Gasteiger charge is -2.26. The monoisotopic (exact) mass is 344 g/mol. The van der Waals surface area contributed by atoms with E-state index in [1.54, 1.807) is 4.68 Å². The van der Waals surface area contributed by atoms with E-state index in [4.69, 9.17) is 17.3 Å². The Balaban J connectivity index is 1.74. The Hall–Kier alpha value is -2.01. The van der Waals surface area contributed by atoms with Crippen LogP contribution in [0.1, 0.15) is 47.3 Å². The summed E-state index contributed by atoms with van der Waals surface area (Å²) >= 11 is 6.15. The lowest BCUT2D eigenvalue weighted by molar-refractivity contribution is 0.0852. The second kappa shape index (κ2) is 5.81. The Bertz CT molecular complexity index is 814. The predicted octanol–water partition coefficient (Wildman–Crippen LogP) is 3.48. The summed E-state index contributed by atoms with van der Waals surface area (Å²) < 4.78 is 1.57. The van der Waals surface area contributed by atoms with Crippen molar-refractivity contribution in [1.82, 2.24) is 9.78 Å². The molecule has 126 valence electrons. The number of benzene rings is 1. The Morgan fingerprint density at radius 3 is 3.08 bits per heavy atom. The summed E-state index contributed by atoms with van der Waals surface area (Å²) in [6, 6.07) is 5.66. The van der Waals surface area contributed by atoms with Crippen LogP contribution in [0, 0.1) is 5.92 Å². The molecule has 24 heavy (non-hydrogen) atoms. The van der Waals surface area contributed by atoms with Gasteiger partial charge in [-0.3, -0.25) is 4.79 Å². The van der Waals surface area contributed by atoms with Gasteiger partial charge in [-0.15, -0.1) is 5.10 Å². The number of carbonyl (C=O) groups is 1. The topological polar surface area (TPSA) is 72.9 Å². The Kier molecular flexibility index (Phi) is 3.76. The van der Waals surface area contributed by atoms with Gasteiger partial charge in [-0.2, -0.15) is 0 Å². The molecule has 0 spiro atoms. The number of nitrogens with two attached hydrogens (primary N) is 1. The summed E-state index contributed by atoms with van der Waals surface area (Å²) in [5.41, 5.74) is 10.1. The third-order valence-electron chi connectivity index (χ3n) is 5.19. The van der Waals surface area contributed by atoms with Crippen molar-refractivity contribution in [2.75, 3.05) is 17.6 Å². The van der Waals surface area contributed by atoms with Crippen molar-refractivity contribution in [3.05, 3.63) is 40.0 Å². The highest BCUT2D eigenvalue weighted by molar-refractivity contribution is 6.30. The third-order valence-corrected chi connectivity index (χ3v) is 5.43. The van der Waals surface area contributed by atoms with Crippen molar-refractivity contribution >= 4 is 29.0 Å². The van der Waals surface area contributed by atoms with E-state index < -0.39 is 0 Å². The molecule has 0 amide bonds. The van der Waals surface area contributed by atoms with Crippen LogP contribution in [0.15, 0.2) is 18.2 Å². The summed E-state index contributed by atoms with van der Waals surface area (Å²) in [5.74, 6) is 0.862. The lowest BCUT2D eigenvalue weighted by atomic mass is 9.87. The van der Waals surface area contributed by atoms with E-state index >= 15 is 0 Å². The van der Waals surface area contributed by atoms with Gasteiger partial charge < -0.3 is 11.1 Å². The van der Waals surface area contributed by atoms with Crippen LogP contribution in [0.4, 0.5) is 11.5 Å². The van der Waals surface area contributed by atoms with Crippen LogP contribution in [0.2, 0.25) is 5.02 Å². The summed E-state index contributed by atoms with van der Waals surface area (Å²) in [6.45, 7) is 2.98. The summed E-state index contributed by atoms with van der Waals surface area (Å²) in [5, 5.41) is 8.37. The number of fused-ring (bicyclic) bond motifs is 2. The molecule has 1 aromatic carbocycles. The zero-order chi connectivity index (χ0) is 16.8. The second-order valence-corrected chi connectivity index (χ2v) is 7.34. The minimum Gasteiger partial charge on any atom is -0.385 e. The van der Waals surface area contributed by atoms with Crippen LogP contribution >= 0.6 is 11.6 Å². The Morgan fingerprint density at radius 1 is 1.42 bits per heavy atom. The molecular weight excluding hydrogens is 324 g/mol. The number of rotatable bonds is 1. The number of nitrogens with zero attached hydrogens (tertiary/aromatic N) is 2. The highest BCUT2D eigenvalue weighted by Gasteiger charge is 2.32. The Labute approximate surface area is 146 Å². The van der Waals surface area contributed by atoms with Crippen molar-refractivity contribution in [2.45, 2.75) is 38.5 Å². The fourth-order valence-electron chi connectivity index (χ4n) is 3.89. The van der Waals surface area contributed by atoms with E-state index in [1.165, 1.54) is 0 Å². The van der Waals surface area contributed by atoms with Crippen LogP contribution in [-0.4, -0.2) is 22.2 Å². The fourth-order valence-corrected chi connectivity index (χ4v) is 4.07. The molecular formula is C18H21ClN4O. The lowest BCUT2D eigenvalue weighted by Crippen LogP contribution is -2.29. The standard InChI is InChI=1S/C18H21ClN4O/c1-10-2-5-16-14(8-10)17(20)22-23(16)18(24)12-6-7-21-15-4-3-11(19)9-13(12)15/h3-4,9-10,12,21H,2,5-8H2,1H3,(H2,20,22). The van der Waals surface area contributed by atoms with Crippen LogP contribution in [0.25, 0.3) is 0 Å². The average Bonchev–Trinajstić information content (AvgIpc) is 2.90. The van der Waals surface area contributed by atoms with Crippen molar-refractivity contribution < 1.29 is 4.79 Å². The molecule has 2 aliphatic rings. The van der Waals surface area contributed by atoms with Gasteiger partial charge in [-0.25, -0.2) is 4.68 Å². The number of nitrogens with one attached hydrogen (secondary N) is 1. The van der Waals surface area contributed by atoms with Crippen LogP contribution in [-0.2, 0) is 12.8 Å². The van der Waals surface area contributed by atoms with Crippen molar-refractivity contribution in [3.8, 4) is 0 Å². The molecule has 3 N–H and O–H groups in total. The highest BCUT2D eigenvalue weighted by atomic mass is 35.5. The highest BCUT2D eigenvalue weighted by Crippen LogP contribution is 2.36. The van der Waals surface area contributed by atoms with Gasteiger partial charge in [0.25, 0.3) is 5.91 Å². The molecule has 0 saturated heterocycles. The van der Waals surface area contributed by atoms with Gasteiger partial charge >= 0.3 is 0 Å². The van der Waals surface area contributed by atoms with E-state index in [2.05, 4.69) is 17.3 Å². The molecule has 1 aliphatic carbocycles. The van der Waals surface area contributed by atoms with Gasteiger partial charge in [-0.05, 0) is 55.4 Å². The largest absolute Gasteiger partial charge is 0.385 e. The number of hydrogen-bond donors (Lipinski definition) is 2. The molecule has 4 rings (SSSR count). The maximum absolute atomic E-state index is 13.2. The number of hydrogen-bond acceptors (Lipinski definition) is 4. The number of carbonyl (C=O) groups excluding carboxylic acids is 1. The van der Waals surface area contributed by atoms with Gasteiger partial charge in [-0.1, -0.05) is 18.5 Å². The number of aromatic nitrogens is 2. The summed E-state index contributed by atoms with van der Waals surface area (Å²) in [6.07, 6.45) is 3.57. The van der Waals surface area contributed by atoms with E-state index in [0.29, 0.717) is 16.8 Å². The van der Waals surface area contributed by atoms with Gasteiger partial charge in [0.05, 0.1) is 11.6 Å². The zero-order valence-electron chi connectivity index (χ0n) is 13.7. The van der Waals surface area contributed by atoms with Crippen molar-refractivity contribution in [2.24, 2.45) is 5.92 Å².